The van der Waals surface area contributed by atoms with Gasteiger partial charge in [-0.25, -0.2) is 0 Å². The first-order valence-corrected chi connectivity index (χ1v) is 4.97. The lowest BCUT2D eigenvalue weighted by atomic mass is 10.4. The molecule has 0 amide bonds. The Morgan fingerprint density at radius 2 is 2.40 bits per heavy atom. The van der Waals surface area contributed by atoms with Crippen molar-refractivity contribution in [1.29, 1.82) is 0 Å². The van der Waals surface area contributed by atoms with Gasteiger partial charge in [0.1, 0.15) is 0 Å². The fourth-order valence-electron chi connectivity index (χ4n) is 1.33. The van der Waals surface area contributed by atoms with E-state index in [2.05, 4.69) is 25.7 Å². The zero-order valence-electron chi connectivity index (χ0n) is 8.10. The first kappa shape index (κ1) is 8.60. The predicted molar refractivity (Wildman–Crippen MR) is 51.7 cm³/mol. The Morgan fingerprint density at radius 1 is 1.47 bits per heavy atom. The van der Waals surface area contributed by atoms with E-state index >= 15 is 0 Å². The molecular formula is C9H11N5O. The summed E-state index contributed by atoms with van der Waals surface area (Å²) in [6.45, 7) is 0.648. The first-order valence-electron chi connectivity index (χ1n) is 4.97. The van der Waals surface area contributed by atoms with Crippen LogP contribution in [0.25, 0.3) is 11.5 Å². The van der Waals surface area contributed by atoms with Gasteiger partial charge in [0.15, 0.2) is 0 Å². The lowest BCUT2D eigenvalue weighted by molar-refractivity contribution is 0.476. The van der Waals surface area contributed by atoms with E-state index in [1.54, 1.807) is 12.4 Å². The van der Waals surface area contributed by atoms with Gasteiger partial charge < -0.3 is 9.73 Å². The molecule has 1 aliphatic rings. The Kier molecular flexibility index (Phi) is 1.99. The van der Waals surface area contributed by atoms with Crippen LogP contribution in [-0.4, -0.2) is 26.4 Å². The minimum atomic E-state index is 0.511. The second-order valence-electron chi connectivity index (χ2n) is 3.64. The number of aromatic nitrogens is 4. The minimum Gasteiger partial charge on any atom is -0.419 e. The fraction of sp³-hybridized carbons (Fsp3) is 0.444. The van der Waals surface area contributed by atoms with E-state index < -0.39 is 0 Å². The molecule has 0 spiro atoms. The fourth-order valence-corrected chi connectivity index (χ4v) is 1.33. The van der Waals surface area contributed by atoms with E-state index in [1.807, 2.05) is 0 Å². The van der Waals surface area contributed by atoms with Crippen LogP contribution in [0, 0.1) is 0 Å². The third kappa shape index (κ3) is 1.89. The maximum absolute atomic E-state index is 5.46. The van der Waals surface area contributed by atoms with Crippen LogP contribution in [0.2, 0.25) is 0 Å². The predicted octanol–water partition coefficient (Wildman–Crippen LogP) is 0.712. The molecule has 0 unspecified atom stereocenters. The third-order valence-corrected chi connectivity index (χ3v) is 2.33. The quantitative estimate of drug-likeness (QED) is 0.768. The summed E-state index contributed by atoms with van der Waals surface area (Å²) in [4.78, 5) is 0. The molecule has 2 aromatic rings. The number of aromatic amines is 1. The van der Waals surface area contributed by atoms with Crippen molar-refractivity contribution in [3.8, 4) is 11.5 Å². The topological polar surface area (TPSA) is 79.6 Å². The molecule has 0 saturated heterocycles. The maximum atomic E-state index is 5.46. The molecule has 0 bridgehead atoms. The molecule has 0 aromatic carbocycles. The van der Waals surface area contributed by atoms with Crippen molar-refractivity contribution in [2.75, 3.05) is 0 Å². The van der Waals surface area contributed by atoms with Crippen molar-refractivity contribution in [2.45, 2.75) is 25.4 Å². The zero-order valence-corrected chi connectivity index (χ0v) is 8.10. The smallest absolute Gasteiger partial charge is 0.250 e. The molecule has 1 aliphatic carbocycles. The van der Waals surface area contributed by atoms with Crippen molar-refractivity contribution in [3.05, 3.63) is 18.3 Å². The normalized spacial score (nSPS) is 15.7. The summed E-state index contributed by atoms with van der Waals surface area (Å²) < 4.78 is 5.46. The molecule has 6 heteroatoms. The Morgan fingerprint density at radius 3 is 3.13 bits per heavy atom. The van der Waals surface area contributed by atoms with Gasteiger partial charge >= 0.3 is 0 Å². The average Bonchev–Trinajstić information content (AvgIpc) is 2.78. The Bertz CT molecular complexity index is 431. The Hall–Kier alpha value is -1.69. The molecule has 0 radical (unpaired) electrons. The van der Waals surface area contributed by atoms with Crippen LogP contribution in [0.3, 0.4) is 0 Å². The van der Waals surface area contributed by atoms with Gasteiger partial charge in [0.25, 0.3) is 5.89 Å². The molecule has 6 nitrogen and oxygen atoms in total. The standard InChI is InChI=1S/C9H11N5O/c1-2-7(1)10-5-8-13-14-9(15-8)6-3-11-12-4-6/h3-4,7,10H,1-2,5H2,(H,11,12). The lowest BCUT2D eigenvalue weighted by Gasteiger charge is -1.95. The van der Waals surface area contributed by atoms with Gasteiger partial charge in [-0.05, 0) is 12.8 Å². The molecule has 15 heavy (non-hydrogen) atoms. The summed E-state index contributed by atoms with van der Waals surface area (Å²) in [6.07, 6.45) is 5.89. The van der Waals surface area contributed by atoms with Crippen LogP contribution in [-0.2, 0) is 6.54 Å². The number of hydrogen-bond acceptors (Lipinski definition) is 5. The second kappa shape index (κ2) is 3.47. The Labute approximate surface area is 86.1 Å². The van der Waals surface area contributed by atoms with Crippen LogP contribution in [0.15, 0.2) is 16.8 Å². The molecule has 78 valence electrons. The molecular weight excluding hydrogens is 194 g/mol. The first-order chi connectivity index (χ1) is 7.42. The van der Waals surface area contributed by atoms with Crippen molar-refractivity contribution in [3.63, 3.8) is 0 Å². The van der Waals surface area contributed by atoms with Crippen LogP contribution in [0.5, 0.6) is 0 Å². The summed E-state index contributed by atoms with van der Waals surface area (Å²) in [6, 6.07) is 0.647. The van der Waals surface area contributed by atoms with Gasteiger partial charge in [0, 0.05) is 12.2 Å². The van der Waals surface area contributed by atoms with Crippen LogP contribution in [0.1, 0.15) is 18.7 Å². The number of hydrogen-bond donors (Lipinski definition) is 2. The number of H-pyrrole nitrogens is 1. The van der Waals surface area contributed by atoms with E-state index in [1.165, 1.54) is 12.8 Å². The highest BCUT2D eigenvalue weighted by Gasteiger charge is 2.21. The van der Waals surface area contributed by atoms with E-state index in [0.29, 0.717) is 24.4 Å². The maximum Gasteiger partial charge on any atom is 0.250 e. The molecule has 2 aromatic heterocycles. The Balaban J connectivity index is 1.69. The van der Waals surface area contributed by atoms with Crippen LogP contribution < -0.4 is 5.32 Å². The monoisotopic (exact) mass is 205 g/mol. The summed E-state index contributed by atoms with van der Waals surface area (Å²) in [5.74, 6) is 1.13. The van der Waals surface area contributed by atoms with Crippen molar-refractivity contribution in [2.24, 2.45) is 0 Å². The van der Waals surface area contributed by atoms with Crippen molar-refractivity contribution < 1.29 is 4.42 Å². The molecule has 0 aliphatic heterocycles. The van der Waals surface area contributed by atoms with E-state index in [9.17, 15) is 0 Å². The van der Waals surface area contributed by atoms with Crippen LogP contribution in [0.4, 0.5) is 0 Å². The number of nitrogens with zero attached hydrogens (tertiary/aromatic N) is 3. The van der Waals surface area contributed by atoms with Gasteiger partial charge in [-0.2, -0.15) is 5.10 Å². The second-order valence-corrected chi connectivity index (χ2v) is 3.64. The lowest BCUT2D eigenvalue weighted by Crippen LogP contribution is -2.15. The van der Waals surface area contributed by atoms with Gasteiger partial charge in [0.2, 0.25) is 5.89 Å². The number of rotatable bonds is 4. The summed E-state index contributed by atoms with van der Waals surface area (Å²) in [7, 11) is 0. The largest absolute Gasteiger partial charge is 0.419 e. The molecule has 2 N–H and O–H groups in total. The van der Waals surface area contributed by atoms with Gasteiger partial charge in [-0.3, -0.25) is 5.10 Å². The third-order valence-electron chi connectivity index (χ3n) is 2.33. The van der Waals surface area contributed by atoms with Crippen molar-refractivity contribution >= 4 is 0 Å². The summed E-state index contributed by atoms with van der Waals surface area (Å²) >= 11 is 0. The van der Waals surface area contributed by atoms with Crippen molar-refractivity contribution in [1.82, 2.24) is 25.7 Å². The summed E-state index contributed by atoms with van der Waals surface area (Å²) in [5.41, 5.74) is 0.820. The SMILES string of the molecule is c1n[nH]cc1-c1nnc(CNC2CC2)o1. The molecule has 1 saturated carbocycles. The average molecular weight is 205 g/mol. The van der Waals surface area contributed by atoms with Crippen LogP contribution >= 0.6 is 0 Å². The van der Waals surface area contributed by atoms with E-state index in [4.69, 9.17) is 4.42 Å². The zero-order chi connectivity index (χ0) is 10.1. The minimum absolute atomic E-state index is 0.511. The molecule has 3 rings (SSSR count). The van der Waals surface area contributed by atoms with E-state index in [-0.39, 0.29) is 0 Å². The number of nitrogens with one attached hydrogen (secondary N) is 2. The highest BCUT2D eigenvalue weighted by Crippen LogP contribution is 2.20. The van der Waals surface area contributed by atoms with Gasteiger partial charge in [-0.15, -0.1) is 10.2 Å². The molecule has 1 fully saturated rings. The molecule has 2 heterocycles. The summed E-state index contributed by atoms with van der Waals surface area (Å²) in [5, 5.41) is 17.7. The van der Waals surface area contributed by atoms with E-state index in [0.717, 1.165) is 5.56 Å². The van der Waals surface area contributed by atoms with Gasteiger partial charge in [-0.1, -0.05) is 0 Å². The van der Waals surface area contributed by atoms with Gasteiger partial charge in [0.05, 0.1) is 18.3 Å². The molecule has 0 atom stereocenters. The highest BCUT2D eigenvalue weighted by atomic mass is 16.4. The highest BCUT2D eigenvalue weighted by molar-refractivity contribution is 5.48.